The molecule has 0 saturated carbocycles. The molecule has 1 rings (SSSR count). The van der Waals surface area contributed by atoms with E-state index in [4.69, 9.17) is 16.3 Å². The smallest absolute Gasteiger partial charge is 0.347 e. The summed E-state index contributed by atoms with van der Waals surface area (Å²) in [6.07, 6.45) is -0.0685. The molecule has 0 bridgehead atoms. The van der Waals surface area contributed by atoms with Crippen LogP contribution in [0.5, 0.6) is 5.75 Å². The Morgan fingerprint density at radius 3 is 2.75 bits per heavy atom. The fourth-order valence-corrected chi connectivity index (χ4v) is 1.45. The number of ether oxygens (including phenoxy) is 2. The van der Waals surface area contributed by atoms with Crippen LogP contribution in [-0.4, -0.2) is 19.2 Å². The first-order valence-electron chi connectivity index (χ1n) is 5.09. The van der Waals surface area contributed by atoms with Gasteiger partial charge in [-0.1, -0.05) is 24.6 Å². The molecule has 0 heterocycles. The zero-order valence-electron chi connectivity index (χ0n) is 9.62. The van der Waals surface area contributed by atoms with Gasteiger partial charge in [0.05, 0.1) is 12.1 Å². The summed E-state index contributed by atoms with van der Waals surface area (Å²) in [5.74, 6) is 0.124. The van der Waals surface area contributed by atoms with Crippen molar-refractivity contribution in [2.75, 3.05) is 7.11 Å². The van der Waals surface area contributed by atoms with Gasteiger partial charge in [0.15, 0.2) is 6.10 Å². The SMILES string of the molecule is CC[C@H](Oc1cc(C)ccc1Cl)C(=O)OC. The standard InChI is InChI=1S/C12H15ClO3/c1-4-10(12(14)15-3)16-11-7-8(2)5-6-9(11)13/h5-7,10H,4H2,1-3H3/t10-/m0/s1. The molecule has 0 aliphatic rings. The number of carbonyl (C=O) groups is 1. The lowest BCUT2D eigenvalue weighted by molar-refractivity contribution is -0.148. The van der Waals surface area contributed by atoms with E-state index in [1.165, 1.54) is 7.11 Å². The second-order valence-corrected chi connectivity index (χ2v) is 3.88. The van der Waals surface area contributed by atoms with Crippen molar-refractivity contribution in [2.45, 2.75) is 26.4 Å². The number of carbonyl (C=O) groups excluding carboxylic acids is 1. The van der Waals surface area contributed by atoms with Crippen molar-refractivity contribution in [3.63, 3.8) is 0 Å². The summed E-state index contributed by atoms with van der Waals surface area (Å²) in [6.45, 7) is 3.79. The van der Waals surface area contributed by atoms with Crippen LogP contribution in [0, 0.1) is 6.92 Å². The van der Waals surface area contributed by atoms with E-state index >= 15 is 0 Å². The van der Waals surface area contributed by atoms with E-state index < -0.39 is 6.10 Å². The molecule has 0 amide bonds. The van der Waals surface area contributed by atoms with Gasteiger partial charge in [-0.15, -0.1) is 0 Å². The number of hydrogen-bond donors (Lipinski definition) is 0. The van der Waals surface area contributed by atoms with Crippen LogP contribution in [0.25, 0.3) is 0 Å². The molecule has 0 fully saturated rings. The number of benzene rings is 1. The van der Waals surface area contributed by atoms with Crippen LogP contribution in [0.2, 0.25) is 5.02 Å². The molecule has 3 nitrogen and oxygen atoms in total. The van der Waals surface area contributed by atoms with Gasteiger partial charge in [0.25, 0.3) is 0 Å². The van der Waals surface area contributed by atoms with E-state index in [0.29, 0.717) is 17.2 Å². The molecule has 1 aromatic carbocycles. The van der Waals surface area contributed by atoms with Crippen LogP contribution in [0.3, 0.4) is 0 Å². The molecule has 1 aromatic rings. The Hall–Kier alpha value is -1.22. The summed E-state index contributed by atoms with van der Waals surface area (Å²) in [5, 5.41) is 0.493. The maximum atomic E-state index is 11.4. The van der Waals surface area contributed by atoms with Gasteiger partial charge in [0.2, 0.25) is 0 Å². The molecule has 0 aliphatic heterocycles. The fraction of sp³-hybridized carbons (Fsp3) is 0.417. The Morgan fingerprint density at radius 2 is 2.19 bits per heavy atom. The lowest BCUT2D eigenvalue weighted by atomic mass is 10.2. The molecule has 0 aromatic heterocycles. The molecule has 0 aliphatic carbocycles. The fourth-order valence-electron chi connectivity index (χ4n) is 1.28. The number of hydrogen-bond acceptors (Lipinski definition) is 3. The van der Waals surface area contributed by atoms with Crippen LogP contribution in [0.4, 0.5) is 0 Å². The lowest BCUT2D eigenvalue weighted by Crippen LogP contribution is -2.27. The van der Waals surface area contributed by atoms with Crippen molar-refractivity contribution >= 4 is 17.6 Å². The average Bonchev–Trinajstić information content (AvgIpc) is 2.29. The van der Waals surface area contributed by atoms with E-state index in [1.807, 2.05) is 19.9 Å². The first-order valence-corrected chi connectivity index (χ1v) is 5.47. The minimum atomic E-state index is -0.607. The summed E-state index contributed by atoms with van der Waals surface area (Å²) in [4.78, 5) is 11.4. The Labute approximate surface area is 100 Å². The van der Waals surface area contributed by atoms with Crippen molar-refractivity contribution in [1.29, 1.82) is 0 Å². The predicted octanol–water partition coefficient (Wildman–Crippen LogP) is 2.98. The highest BCUT2D eigenvalue weighted by Crippen LogP contribution is 2.26. The third-order valence-electron chi connectivity index (χ3n) is 2.19. The van der Waals surface area contributed by atoms with Crippen molar-refractivity contribution in [1.82, 2.24) is 0 Å². The van der Waals surface area contributed by atoms with E-state index in [0.717, 1.165) is 5.56 Å². The third kappa shape index (κ3) is 3.14. The molecule has 4 heteroatoms. The number of aryl methyl sites for hydroxylation is 1. The first kappa shape index (κ1) is 12.8. The van der Waals surface area contributed by atoms with Crippen LogP contribution >= 0.6 is 11.6 Å². The quantitative estimate of drug-likeness (QED) is 0.762. The molecule has 1 atom stereocenters. The van der Waals surface area contributed by atoms with Gasteiger partial charge in [-0.05, 0) is 31.0 Å². The second kappa shape index (κ2) is 5.75. The topological polar surface area (TPSA) is 35.5 Å². The number of methoxy groups -OCH3 is 1. The minimum absolute atomic E-state index is 0.389. The zero-order chi connectivity index (χ0) is 12.1. The summed E-state index contributed by atoms with van der Waals surface area (Å²) >= 11 is 5.97. The van der Waals surface area contributed by atoms with E-state index in [-0.39, 0.29) is 5.97 Å². The zero-order valence-corrected chi connectivity index (χ0v) is 10.4. The molecular formula is C12H15ClO3. The van der Waals surface area contributed by atoms with Crippen LogP contribution in [0.1, 0.15) is 18.9 Å². The Kier molecular flexibility index (Phi) is 4.62. The Morgan fingerprint density at radius 1 is 1.50 bits per heavy atom. The van der Waals surface area contributed by atoms with Gasteiger partial charge in [-0.2, -0.15) is 0 Å². The summed E-state index contributed by atoms with van der Waals surface area (Å²) in [5.41, 5.74) is 1.03. The largest absolute Gasteiger partial charge is 0.477 e. The van der Waals surface area contributed by atoms with E-state index in [2.05, 4.69) is 4.74 Å². The lowest BCUT2D eigenvalue weighted by Gasteiger charge is -2.16. The normalized spacial score (nSPS) is 12.0. The molecule has 0 N–H and O–H groups in total. The van der Waals surface area contributed by atoms with Gasteiger partial charge in [-0.25, -0.2) is 4.79 Å². The summed E-state index contributed by atoms with van der Waals surface area (Å²) < 4.78 is 10.2. The predicted molar refractivity (Wildman–Crippen MR) is 62.9 cm³/mol. The first-order chi connectivity index (χ1) is 7.58. The maximum Gasteiger partial charge on any atom is 0.347 e. The monoisotopic (exact) mass is 242 g/mol. The van der Waals surface area contributed by atoms with Crippen molar-refractivity contribution < 1.29 is 14.3 Å². The second-order valence-electron chi connectivity index (χ2n) is 3.47. The summed E-state index contributed by atoms with van der Waals surface area (Å²) in [7, 11) is 1.34. The van der Waals surface area contributed by atoms with Gasteiger partial charge < -0.3 is 9.47 Å². The summed E-state index contributed by atoms with van der Waals surface area (Å²) in [6, 6.07) is 5.43. The van der Waals surface area contributed by atoms with Crippen LogP contribution in [0.15, 0.2) is 18.2 Å². The van der Waals surface area contributed by atoms with Crippen LogP contribution < -0.4 is 4.74 Å². The van der Waals surface area contributed by atoms with Crippen molar-refractivity contribution in [3.05, 3.63) is 28.8 Å². The van der Waals surface area contributed by atoms with Gasteiger partial charge in [-0.3, -0.25) is 0 Å². The molecule has 0 unspecified atom stereocenters. The molecule has 16 heavy (non-hydrogen) atoms. The van der Waals surface area contributed by atoms with Crippen molar-refractivity contribution in [3.8, 4) is 5.75 Å². The molecule has 88 valence electrons. The van der Waals surface area contributed by atoms with E-state index in [1.54, 1.807) is 12.1 Å². The molecular weight excluding hydrogens is 228 g/mol. The van der Waals surface area contributed by atoms with Crippen molar-refractivity contribution in [2.24, 2.45) is 0 Å². The van der Waals surface area contributed by atoms with Gasteiger partial charge in [0, 0.05) is 0 Å². The molecule has 0 radical (unpaired) electrons. The van der Waals surface area contributed by atoms with Gasteiger partial charge >= 0.3 is 5.97 Å². The minimum Gasteiger partial charge on any atom is -0.477 e. The highest BCUT2D eigenvalue weighted by atomic mass is 35.5. The average molecular weight is 243 g/mol. The highest BCUT2D eigenvalue weighted by molar-refractivity contribution is 6.32. The number of rotatable bonds is 4. The highest BCUT2D eigenvalue weighted by Gasteiger charge is 2.19. The molecule has 0 saturated heterocycles. The Bertz CT molecular complexity index is 377. The maximum absolute atomic E-state index is 11.4. The van der Waals surface area contributed by atoms with Crippen LogP contribution in [-0.2, 0) is 9.53 Å². The molecule has 0 spiro atoms. The number of halogens is 1. The van der Waals surface area contributed by atoms with E-state index in [9.17, 15) is 4.79 Å². The number of esters is 1. The van der Waals surface area contributed by atoms with Gasteiger partial charge in [0.1, 0.15) is 5.75 Å². The Balaban J connectivity index is 2.85. The third-order valence-corrected chi connectivity index (χ3v) is 2.50.